The van der Waals surface area contributed by atoms with Gasteiger partial charge < -0.3 is 10.4 Å². The Morgan fingerprint density at radius 2 is 1.89 bits per heavy atom. The third kappa shape index (κ3) is 3.46. The summed E-state index contributed by atoms with van der Waals surface area (Å²) in [7, 11) is 0. The van der Waals surface area contributed by atoms with Crippen LogP contribution in [0.2, 0.25) is 0 Å². The standard InChI is InChI=1S/C13H18F3NO/c1-4-17-8-12(3,18)11-6-5-10(7-9(11)2)13(14,15)16/h5-7,17-18H,4,8H2,1-3H3. The number of rotatable bonds is 4. The summed E-state index contributed by atoms with van der Waals surface area (Å²) in [6.07, 6.45) is -4.35. The largest absolute Gasteiger partial charge is 0.416 e. The Bertz CT molecular complexity index is 413. The van der Waals surface area contributed by atoms with Gasteiger partial charge in [0.15, 0.2) is 0 Å². The Hall–Kier alpha value is -1.07. The molecule has 1 rings (SSSR count). The van der Waals surface area contributed by atoms with Crippen LogP contribution in [0.5, 0.6) is 0 Å². The number of hydrogen-bond donors (Lipinski definition) is 2. The van der Waals surface area contributed by atoms with Crippen molar-refractivity contribution in [3.05, 3.63) is 34.9 Å². The van der Waals surface area contributed by atoms with Crippen molar-refractivity contribution in [2.45, 2.75) is 32.5 Å². The Balaban J connectivity index is 3.05. The quantitative estimate of drug-likeness (QED) is 0.873. The molecular formula is C13H18F3NO. The van der Waals surface area contributed by atoms with Crippen molar-refractivity contribution in [1.29, 1.82) is 0 Å². The van der Waals surface area contributed by atoms with Crippen LogP contribution in [0.4, 0.5) is 13.2 Å². The normalized spacial score (nSPS) is 15.5. The van der Waals surface area contributed by atoms with E-state index in [0.717, 1.165) is 12.1 Å². The second kappa shape index (κ2) is 5.28. The second-order valence-corrected chi connectivity index (χ2v) is 4.58. The lowest BCUT2D eigenvalue weighted by Gasteiger charge is -2.26. The molecule has 0 aliphatic heterocycles. The summed E-state index contributed by atoms with van der Waals surface area (Å²) in [5.41, 5.74) is -0.920. The number of halogens is 3. The number of benzene rings is 1. The van der Waals surface area contributed by atoms with Gasteiger partial charge in [0, 0.05) is 6.54 Å². The van der Waals surface area contributed by atoms with Crippen LogP contribution < -0.4 is 5.32 Å². The van der Waals surface area contributed by atoms with Crippen LogP contribution in [0, 0.1) is 6.92 Å². The van der Waals surface area contributed by atoms with Crippen LogP contribution in [0.3, 0.4) is 0 Å². The summed E-state index contributed by atoms with van der Waals surface area (Å²) in [5.74, 6) is 0. The summed E-state index contributed by atoms with van der Waals surface area (Å²) in [6, 6.07) is 3.41. The van der Waals surface area contributed by atoms with E-state index in [0.29, 0.717) is 24.2 Å². The molecule has 0 fully saturated rings. The Kier molecular flexibility index (Phi) is 4.40. The third-order valence-corrected chi connectivity index (χ3v) is 2.85. The number of aliphatic hydroxyl groups is 1. The van der Waals surface area contributed by atoms with E-state index in [2.05, 4.69) is 5.32 Å². The van der Waals surface area contributed by atoms with Gasteiger partial charge in [-0.3, -0.25) is 0 Å². The summed E-state index contributed by atoms with van der Waals surface area (Å²) in [4.78, 5) is 0. The average Bonchev–Trinajstić information content (AvgIpc) is 2.24. The minimum absolute atomic E-state index is 0.301. The van der Waals surface area contributed by atoms with Gasteiger partial charge >= 0.3 is 6.18 Å². The zero-order valence-electron chi connectivity index (χ0n) is 10.7. The molecule has 1 aromatic rings. The van der Waals surface area contributed by atoms with Crippen molar-refractivity contribution in [2.24, 2.45) is 0 Å². The van der Waals surface area contributed by atoms with Crippen molar-refractivity contribution in [3.63, 3.8) is 0 Å². The van der Waals surface area contributed by atoms with Crippen LogP contribution in [0.25, 0.3) is 0 Å². The van der Waals surface area contributed by atoms with E-state index in [1.165, 1.54) is 6.07 Å². The second-order valence-electron chi connectivity index (χ2n) is 4.58. The summed E-state index contributed by atoms with van der Waals surface area (Å²) in [6.45, 7) is 6.05. The van der Waals surface area contributed by atoms with Crippen molar-refractivity contribution >= 4 is 0 Å². The predicted octanol–water partition coefficient (Wildman–Crippen LogP) is 2.83. The van der Waals surface area contributed by atoms with E-state index in [4.69, 9.17) is 0 Å². The molecule has 1 aromatic carbocycles. The van der Waals surface area contributed by atoms with Crippen molar-refractivity contribution in [1.82, 2.24) is 5.32 Å². The summed E-state index contributed by atoms with van der Waals surface area (Å²) in [5, 5.41) is 13.2. The van der Waals surface area contributed by atoms with Gasteiger partial charge in [0.1, 0.15) is 0 Å². The van der Waals surface area contributed by atoms with Gasteiger partial charge in [-0.1, -0.05) is 13.0 Å². The number of nitrogens with one attached hydrogen (secondary N) is 1. The molecule has 0 heterocycles. The average molecular weight is 261 g/mol. The van der Waals surface area contributed by atoms with Crippen LogP contribution in [-0.4, -0.2) is 18.2 Å². The first-order valence-corrected chi connectivity index (χ1v) is 5.80. The van der Waals surface area contributed by atoms with E-state index in [1.54, 1.807) is 13.8 Å². The Labute approximate surface area is 105 Å². The number of alkyl halides is 3. The predicted molar refractivity (Wildman–Crippen MR) is 64.3 cm³/mol. The maximum atomic E-state index is 12.5. The van der Waals surface area contributed by atoms with Gasteiger partial charge in [-0.2, -0.15) is 13.2 Å². The highest BCUT2D eigenvalue weighted by molar-refractivity contribution is 5.36. The minimum Gasteiger partial charge on any atom is -0.384 e. The fourth-order valence-corrected chi connectivity index (χ4v) is 1.91. The minimum atomic E-state index is -4.35. The number of hydrogen-bond acceptors (Lipinski definition) is 2. The van der Waals surface area contributed by atoms with E-state index in [1.807, 2.05) is 6.92 Å². The molecule has 1 atom stereocenters. The van der Waals surface area contributed by atoms with Gasteiger partial charge in [0.25, 0.3) is 0 Å². The molecular weight excluding hydrogens is 243 g/mol. The van der Waals surface area contributed by atoms with Crippen LogP contribution in [-0.2, 0) is 11.8 Å². The molecule has 0 aliphatic rings. The molecule has 0 aliphatic carbocycles. The van der Waals surface area contributed by atoms with Crippen LogP contribution in [0.1, 0.15) is 30.5 Å². The van der Waals surface area contributed by atoms with Gasteiger partial charge in [-0.05, 0) is 43.7 Å². The van der Waals surface area contributed by atoms with E-state index >= 15 is 0 Å². The monoisotopic (exact) mass is 261 g/mol. The molecule has 5 heteroatoms. The van der Waals surface area contributed by atoms with E-state index in [-0.39, 0.29) is 0 Å². The van der Waals surface area contributed by atoms with Gasteiger partial charge in [0.05, 0.1) is 11.2 Å². The lowest BCUT2D eigenvalue weighted by Crippen LogP contribution is -2.36. The maximum Gasteiger partial charge on any atom is 0.416 e. The highest BCUT2D eigenvalue weighted by Gasteiger charge is 2.32. The highest BCUT2D eigenvalue weighted by Crippen LogP contribution is 2.32. The van der Waals surface area contributed by atoms with Crippen LogP contribution in [0.15, 0.2) is 18.2 Å². The fourth-order valence-electron chi connectivity index (χ4n) is 1.91. The molecule has 1 unspecified atom stereocenters. The van der Waals surface area contributed by atoms with Gasteiger partial charge in [-0.25, -0.2) is 0 Å². The molecule has 102 valence electrons. The first-order valence-electron chi connectivity index (χ1n) is 5.80. The van der Waals surface area contributed by atoms with Crippen LogP contribution >= 0.6 is 0 Å². The van der Waals surface area contributed by atoms with E-state index < -0.39 is 17.3 Å². The molecule has 0 spiro atoms. The Morgan fingerprint density at radius 1 is 1.28 bits per heavy atom. The van der Waals surface area contributed by atoms with Gasteiger partial charge in [0.2, 0.25) is 0 Å². The molecule has 0 radical (unpaired) electrons. The lowest BCUT2D eigenvalue weighted by molar-refractivity contribution is -0.137. The molecule has 2 N–H and O–H groups in total. The van der Waals surface area contributed by atoms with Crippen molar-refractivity contribution in [2.75, 3.05) is 13.1 Å². The van der Waals surface area contributed by atoms with Gasteiger partial charge in [-0.15, -0.1) is 0 Å². The van der Waals surface area contributed by atoms with Crippen molar-refractivity contribution < 1.29 is 18.3 Å². The number of aryl methyl sites for hydroxylation is 1. The summed E-state index contributed by atoms with van der Waals surface area (Å²) >= 11 is 0. The SMILES string of the molecule is CCNCC(C)(O)c1ccc(C(F)(F)F)cc1C. The Morgan fingerprint density at radius 3 is 2.33 bits per heavy atom. The lowest BCUT2D eigenvalue weighted by atomic mass is 9.90. The molecule has 2 nitrogen and oxygen atoms in total. The molecule has 0 aromatic heterocycles. The molecule has 0 saturated carbocycles. The number of likely N-dealkylation sites (N-methyl/N-ethyl adjacent to an activating group) is 1. The third-order valence-electron chi connectivity index (χ3n) is 2.85. The molecule has 0 amide bonds. The summed E-state index contributed by atoms with van der Waals surface area (Å²) < 4.78 is 37.6. The molecule has 0 saturated heterocycles. The molecule has 0 bridgehead atoms. The smallest absolute Gasteiger partial charge is 0.384 e. The zero-order chi connectivity index (χ0) is 14.0. The van der Waals surface area contributed by atoms with Crippen molar-refractivity contribution in [3.8, 4) is 0 Å². The highest BCUT2D eigenvalue weighted by atomic mass is 19.4. The first-order chi connectivity index (χ1) is 8.18. The molecule has 18 heavy (non-hydrogen) atoms. The maximum absolute atomic E-state index is 12.5. The topological polar surface area (TPSA) is 32.3 Å². The van der Waals surface area contributed by atoms with E-state index in [9.17, 15) is 18.3 Å². The first kappa shape index (κ1) is 15.0. The fraction of sp³-hybridized carbons (Fsp3) is 0.538. The zero-order valence-corrected chi connectivity index (χ0v) is 10.7.